The van der Waals surface area contributed by atoms with Crippen molar-refractivity contribution >= 4 is 34.9 Å². The molecule has 2 N–H and O–H groups in total. The number of nitrogens with zero attached hydrogens (tertiary/aromatic N) is 1. The molecule has 0 aliphatic rings. The summed E-state index contributed by atoms with van der Waals surface area (Å²) in [7, 11) is 0. The molecule has 1 heterocycles. The third-order valence-corrected chi connectivity index (χ3v) is 3.82. The summed E-state index contributed by atoms with van der Waals surface area (Å²) in [6.07, 6.45) is -4.73. The molecule has 0 fully saturated rings. The fourth-order valence-corrected chi connectivity index (χ4v) is 2.65. The van der Waals surface area contributed by atoms with Crippen LogP contribution in [-0.2, 0) is 0 Å². The molecule has 0 saturated heterocycles. The third-order valence-electron chi connectivity index (χ3n) is 3.51. The van der Waals surface area contributed by atoms with Crippen molar-refractivity contribution in [2.24, 2.45) is 5.73 Å². The van der Waals surface area contributed by atoms with E-state index in [2.05, 4.69) is 9.72 Å². The predicted octanol–water partition coefficient (Wildman–Crippen LogP) is 5.26. The van der Waals surface area contributed by atoms with Crippen LogP contribution in [0.4, 0.5) is 13.2 Å². The summed E-state index contributed by atoms with van der Waals surface area (Å²) < 4.78 is 40.4. The molecule has 0 amide bonds. The monoisotopic (exact) mass is 388 g/mol. The molecule has 25 heavy (non-hydrogen) atoms. The highest BCUT2D eigenvalue weighted by Gasteiger charge is 2.31. The molecule has 3 rings (SSSR count). The van der Waals surface area contributed by atoms with Crippen molar-refractivity contribution in [1.29, 1.82) is 0 Å². The van der Waals surface area contributed by atoms with E-state index in [0.29, 0.717) is 11.1 Å². The smallest absolute Gasteiger partial charge is 0.406 e. The van der Waals surface area contributed by atoms with Gasteiger partial charge in [-0.05, 0) is 29.8 Å². The number of alkyl halides is 3. The van der Waals surface area contributed by atoms with E-state index in [-0.39, 0.29) is 23.3 Å². The van der Waals surface area contributed by atoms with E-state index in [4.69, 9.17) is 17.3 Å². The summed E-state index contributed by atoms with van der Waals surface area (Å²) in [5.41, 5.74) is 8.14. The molecule has 2 aromatic carbocycles. The zero-order chi connectivity index (χ0) is 17.3. The standard InChI is InChI=1S/C17H12ClF3N2O.ClH/c18-16-13(9-11-3-1-2-4-14(11)23-16)15(22)10-5-7-12(8-6-10)24-17(19,20)21;/h1-9,15H,22H2;1H/t15-;/m0./s1. The summed E-state index contributed by atoms with van der Waals surface area (Å²) in [4.78, 5) is 4.30. The summed E-state index contributed by atoms with van der Waals surface area (Å²) in [5, 5.41) is 1.14. The fourth-order valence-electron chi connectivity index (χ4n) is 2.38. The van der Waals surface area contributed by atoms with Crippen LogP contribution < -0.4 is 10.5 Å². The van der Waals surface area contributed by atoms with Crippen molar-refractivity contribution in [2.75, 3.05) is 0 Å². The minimum absolute atomic E-state index is 0. The Bertz CT molecular complexity index is 870. The highest BCUT2D eigenvalue weighted by atomic mass is 35.5. The summed E-state index contributed by atoms with van der Waals surface area (Å²) >= 11 is 6.20. The zero-order valence-corrected chi connectivity index (χ0v) is 14.2. The Labute approximate surface area is 153 Å². The number of fused-ring (bicyclic) bond motifs is 1. The maximum Gasteiger partial charge on any atom is 0.573 e. The number of hydrogen-bond donors (Lipinski definition) is 1. The van der Waals surface area contributed by atoms with Gasteiger partial charge in [-0.2, -0.15) is 0 Å². The molecular formula is C17H13Cl2F3N2O. The van der Waals surface area contributed by atoms with E-state index in [1.807, 2.05) is 30.3 Å². The van der Waals surface area contributed by atoms with Crippen molar-refractivity contribution in [3.05, 3.63) is 70.9 Å². The molecule has 1 aromatic heterocycles. The lowest BCUT2D eigenvalue weighted by atomic mass is 9.99. The van der Waals surface area contributed by atoms with Crippen LogP contribution in [0.5, 0.6) is 5.75 Å². The Morgan fingerprint density at radius 1 is 1.04 bits per heavy atom. The molecule has 0 bridgehead atoms. The number of ether oxygens (including phenoxy) is 1. The number of benzene rings is 2. The number of pyridine rings is 1. The molecule has 3 aromatic rings. The molecule has 0 aliphatic heterocycles. The van der Waals surface area contributed by atoms with E-state index < -0.39 is 12.4 Å². The van der Waals surface area contributed by atoms with Crippen LogP contribution in [-0.4, -0.2) is 11.3 Å². The second kappa shape index (κ2) is 7.47. The Morgan fingerprint density at radius 3 is 2.32 bits per heavy atom. The van der Waals surface area contributed by atoms with Gasteiger partial charge in [-0.1, -0.05) is 41.9 Å². The Kier molecular flexibility index (Phi) is 5.77. The molecule has 8 heteroatoms. The lowest BCUT2D eigenvalue weighted by Crippen LogP contribution is -2.17. The lowest BCUT2D eigenvalue weighted by Gasteiger charge is -2.15. The van der Waals surface area contributed by atoms with Gasteiger partial charge in [0.1, 0.15) is 10.9 Å². The largest absolute Gasteiger partial charge is 0.573 e. The summed E-state index contributed by atoms with van der Waals surface area (Å²) in [6, 6.07) is 14.0. The molecule has 0 saturated carbocycles. The molecule has 0 aliphatic carbocycles. The van der Waals surface area contributed by atoms with Gasteiger partial charge >= 0.3 is 6.36 Å². The lowest BCUT2D eigenvalue weighted by molar-refractivity contribution is -0.274. The average Bonchev–Trinajstić information content (AvgIpc) is 2.53. The SMILES string of the molecule is Cl.N[C@@H](c1ccc(OC(F)(F)F)cc1)c1cc2ccccc2nc1Cl. The van der Waals surface area contributed by atoms with E-state index in [1.165, 1.54) is 24.3 Å². The van der Waals surface area contributed by atoms with Crippen LogP contribution in [0.25, 0.3) is 10.9 Å². The quantitative estimate of drug-likeness (QED) is 0.622. The maximum atomic E-state index is 12.2. The van der Waals surface area contributed by atoms with Crippen molar-refractivity contribution in [3.63, 3.8) is 0 Å². The molecule has 0 unspecified atom stereocenters. The fraction of sp³-hybridized carbons (Fsp3) is 0.118. The molecule has 132 valence electrons. The maximum absolute atomic E-state index is 12.2. The van der Waals surface area contributed by atoms with Gasteiger partial charge < -0.3 is 10.5 Å². The second-order valence-electron chi connectivity index (χ2n) is 5.16. The first-order chi connectivity index (χ1) is 11.3. The molecular weight excluding hydrogens is 376 g/mol. The van der Waals surface area contributed by atoms with Crippen LogP contribution >= 0.6 is 24.0 Å². The Balaban J connectivity index is 0.00000225. The number of nitrogens with two attached hydrogens (primary N) is 1. The van der Waals surface area contributed by atoms with Crippen molar-refractivity contribution in [1.82, 2.24) is 4.98 Å². The minimum atomic E-state index is -4.73. The van der Waals surface area contributed by atoms with Crippen LogP contribution in [0, 0.1) is 0 Å². The van der Waals surface area contributed by atoms with Crippen LogP contribution in [0.2, 0.25) is 5.15 Å². The van der Waals surface area contributed by atoms with Crippen molar-refractivity contribution in [3.8, 4) is 5.75 Å². The topological polar surface area (TPSA) is 48.1 Å². The number of aromatic nitrogens is 1. The summed E-state index contributed by atoms with van der Waals surface area (Å²) in [6.45, 7) is 0. The molecule has 1 atom stereocenters. The Hall–Kier alpha value is -2.02. The van der Waals surface area contributed by atoms with Gasteiger partial charge in [0.15, 0.2) is 0 Å². The first-order valence-electron chi connectivity index (χ1n) is 7.00. The van der Waals surface area contributed by atoms with Gasteiger partial charge in [0.05, 0.1) is 11.6 Å². The van der Waals surface area contributed by atoms with Gasteiger partial charge in [0.25, 0.3) is 0 Å². The average molecular weight is 389 g/mol. The van der Waals surface area contributed by atoms with E-state index >= 15 is 0 Å². The van der Waals surface area contributed by atoms with Gasteiger partial charge in [-0.3, -0.25) is 0 Å². The highest BCUT2D eigenvalue weighted by Crippen LogP contribution is 2.30. The third kappa shape index (κ3) is 4.54. The summed E-state index contributed by atoms with van der Waals surface area (Å²) in [5.74, 6) is -0.304. The van der Waals surface area contributed by atoms with Gasteiger partial charge in [0, 0.05) is 10.9 Å². The second-order valence-corrected chi connectivity index (χ2v) is 5.51. The van der Waals surface area contributed by atoms with Crippen LogP contribution in [0.1, 0.15) is 17.2 Å². The van der Waals surface area contributed by atoms with Gasteiger partial charge in [0.2, 0.25) is 0 Å². The normalized spacial score (nSPS) is 12.5. The molecule has 0 spiro atoms. The Morgan fingerprint density at radius 2 is 1.68 bits per heavy atom. The van der Waals surface area contributed by atoms with E-state index in [9.17, 15) is 13.2 Å². The molecule has 3 nitrogen and oxygen atoms in total. The van der Waals surface area contributed by atoms with Crippen LogP contribution in [0.3, 0.4) is 0 Å². The van der Waals surface area contributed by atoms with E-state index in [0.717, 1.165) is 10.9 Å². The number of para-hydroxylation sites is 1. The minimum Gasteiger partial charge on any atom is -0.406 e. The first kappa shape index (κ1) is 19.3. The first-order valence-corrected chi connectivity index (χ1v) is 7.38. The predicted molar refractivity (Wildman–Crippen MR) is 93.2 cm³/mol. The number of rotatable bonds is 3. The zero-order valence-electron chi connectivity index (χ0n) is 12.6. The molecule has 0 radical (unpaired) electrons. The van der Waals surface area contributed by atoms with Crippen molar-refractivity contribution in [2.45, 2.75) is 12.4 Å². The number of halogens is 5. The number of hydrogen-bond acceptors (Lipinski definition) is 3. The van der Waals surface area contributed by atoms with E-state index in [1.54, 1.807) is 0 Å². The highest BCUT2D eigenvalue weighted by molar-refractivity contribution is 6.30. The van der Waals surface area contributed by atoms with Gasteiger partial charge in [-0.15, -0.1) is 25.6 Å². The van der Waals surface area contributed by atoms with Gasteiger partial charge in [-0.25, -0.2) is 4.98 Å². The van der Waals surface area contributed by atoms with Crippen LogP contribution in [0.15, 0.2) is 54.6 Å². The van der Waals surface area contributed by atoms with Crippen molar-refractivity contribution < 1.29 is 17.9 Å².